The van der Waals surface area contributed by atoms with Crippen LogP contribution in [-0.4, -0.2) is 14.2 Å². The maximum Gasteiger partial charge on any atom is 0.159 e. The summed E-state index contributed by atoms with van der Waals surface area (Å²) in [4.78, 5) is -0.357. The predicted molar refractivity (Wildman–Crippen MR) is 84.4 cm³/mol. The maximum absolute atomic E-state index is 13.4. The first kappa shape index (κ1) is 16.2. The minimum Gasteiger partial charge on any atom is -0.496 e. The van der Waals surface area contributed by atoms with Crippen molar-refractivity contribution in [3.63, 3.8) is 0 Å². The molecule has 0 heterocycles. The number of methoxy groups -OCH3 is 2. The van der Waals surface area contributed by atoms with Gasteiger partial charge in [0.25, 0.3) is 0 Å². The molecule has 0 aliphatic rings. The van der Waals surface area contributed by atoms with Gasteiger partial charge in [0, 0.05) is 5.56 Å². The van der Waals surface area contributed by atoms with Crippen LogP contribution in [-0.2, 0) is 0 Å². The van der Waals surface area contributed by atoms with Crippen molar-refractivity contribution in [2.75, 3.05) is 14.2 Å². The van der Waals surface area contributed by atoms with Gasteiger partial charge in [-0.05, 0) is 45.8 Å². The average molecular weight is 422 g/mol. The lowest BCUT2D eigenvalue weighted by Gasteiger charge is -2.17. The first-order valence-corrected chi connectivity index (χ1v) is 7.69. The van der Waals surface area contributed by atoms with Crippen molar-refractivity contribution >= 4 is 31.9 Å². The molecule has 0 saturated carbocycles. The molecule has 2 aromatic carbocycles. The van der Waals surface area contributed by atoms with Gasteiger partial charge in [0.15, 0.2) is 11.6 Å². The molecule has 6 heteroatoms. The van der Waals surface area contributed by atoms with Gasteiger partial charge in [-0.25, -0.2) is 8.78 Å². The van der Waals surface area contributed by atoms with E-state index in [0.29, 0.717) is 17.1 Å². The monoisotopic (exact) mass is 420 g/mol. The molecule has 0 saturated heterocycles. The number of halogens is 4. The SMILES string of the molecule is COc1cc(C(Br)c2ccc(F)c(F)c2)c(OC)cc1Br. The van der Waals surface area contributed by atoms with Gasteiger partial charge in [-0.3, -0.25) is 0 Å². The molecule has 0 fully saturated rings. The summed E-state index contributed by atoms with van der Waals surface area (Å²) in [5.41, 5.74) is 1.33. The highest BCUT2D eigenvalue weighted by Crippen LogP contribution is 2.41. The van der Waals surface area contributed by atoms with Crippen LogP contribution in [0.15, 0.2) is 34.8 Å². The summed E-state index contributed by atoms with van der Waals surface area (Å²) in [6, 6.07) is 7.32. The number of ether oxygens (including phenoxy) is 2. The molecule has 0 bridgehead atoms. The van der Waals surface area contributed by atoms with Crippen LogP contribution in [0.2, 0.25) is 0 Å². The second-order valence-electron chi connectivity index (χ2n) is 4.26. The zero-order valence-corrected chi connectivity index (χ0v) is 14.5. The fourth-order valence-corrected chi connectivity index (χ4v) is 3.06. The van der Waals surface area contributed by atoms with E-state index in [0.717, 1.165) is 22.2 Å². The Kier molecular flexibility index (Phi) is 5.22. The van der Waals surface area contributed by atoms with Crippen molar-refractivity contribution in [2.45, 2.75) is 4.83 Å². The van der Waals surface area contributed by atoms with Crippen molar-refractivity contribution in [1.29, 1.82) is 0 Å². The molecule has 0 amide bonds. The van der Waals surface area contributed by atoms with Gasteiger partial charge in [0.1, 0.15) is 11.5 Å². The van der Waals surface area contributed by atoms with Crippen LogP contribution < -0.4 is 9.47 Å². The van der Waals surface area contributed by atoms with E-state index >= 15 is 0 Å². The Bertz CT molecular complexity index is 662. The van der Waals surface area contributed by atoms with Crippen LogP contribution in [0, 0.1) is 11.6 Å². The van der Waals surface area contributed by atoms with Gasteiger partial charge in [0.2, 0.25) is 0 Å². The van der Waals surface area contributed by atoms with Crippen LogP contribution in [0.4, 0.5) is 8.78 Å². The average Bonchev–Trinajstić information content (AvgIpc) is 2.49. The standard InChI is InChI=1S/C15H12Br2F2O2/c1-20-13-7-10(16)14(21-2)6-9(13)15(17)8-3-4-11(18)12(19)5-8/h3-7,15H,1-2H3. The van der Waals surface area contributed by atoms with Crippen molar-refractivity contribution in [3.8, 4) is 11.5 Å². The second kappa shape index (κ2) is 6.75. The molecular formula is C15H12Br2F2O2. The number of benzene rings is 2. The molecule has 112 valence electrons. The van der Waals surface area contributed by atoms with Crippen molar-refractivity contribution < 1.29 is 18.3 Å². The van der Waals surface area contributed by atoms with E-state index in [1.165, 1.54) is 6.07 Å². The molecule has 2 aromatic rings. The van der Waals surface area contributed by atoms with E-state index in [9.17, 15) is 8.78 Å². The van der Waals surface area contributed by atoms with Gasteiger partial charge in [-0.1, -0.05) is 22.0 Å². The largest absolute Gasteiger partial charge is 0.496 e. The van der Waals surface area contributed by atoms with Gasteiger partial charge < -0.3 is 9.47 Å². The summed E-state index contributed by atoms with van der Waals surface area (Å²) in [6.07, 6.45) is 0. The van der Waals surface area contributed by atoms with Crippen LogP contribution in [0.1, 0.15) is 16.0 Å². The number of alkyl halides is 1. The fourth-order valence-electron chi connectivity index (χ4n) is 1.93. The summed E-state index contributed by atoms with van der Waals surface area (Å²) in [5.74, 6) is -0.536. The Morgan fingerprint density at radius 1 is 0.952 bits per heavy atom. The smallest absolute Gasteiger partial charge is 0.159 e. The van der Waals surface area contributed by atoms with E-state index < -0.39 is 11.6 Å². The Morgan fingerprint density at radius 2 is 1.62 bits per heavy atom. The van der Waals surface area contributed by atoms with Gasteiger partial charge >= 0.3 is 0 Å². The number of rotatable bonds is 4. The van der Waals surface area contributed by atoms with E-state index in [-0.39, 0.29) is 4.83 Å². The van der Waals surface area contributed by atoms with Gasteiger partial charge in [-0.2, -0.15) is 0 Å². The Labute approximate surface area is 138 Å². The molecule has 21 heavy (non-hydrogen) atoms. The first-order valence-electron chi connectivity index (χ1n) is 5.98. The van der Waals surface area contributed by atoms with Crippen LogP contribution >= 0.6 is 31.9 Å². The number of hydrogen-bond donors (Lipinski definition) is 0. The van der Waals surface area contributed by atoms with Gasteiger partial charge in [0.05, 0.1) is 23.5 Å². The first-order chi connectivity index (χ1) is 9.97. The highest BCUT2D eigenvalue weighted by Gasteiger charge is 2.19. The predicted octanol–water partition coefficient (Wildman–Crippen LogP) is 5.23. The van der Waals surface area contributed by atoms with E-state index in [4.69, 9.17) is 9.47 Å². The zero-order valence-electron chi connectivity index (χ0n) is 11.3. The summed E-state index contributed by atoms with van der Waals surface area (Å²) in [5, 5.41) is 0. The minimum atomic E-state index is -0.889. The highest BCUT2D eigenvalue weighted by atomic mass is 79.9. The van der Waals surface area contributed by atoms with Crippen LogP contribution in [0.25, 0.3) is 0 Å². The van der Waals surface area contributed by atoms with E-state index in [1.807, 2.05) is 0 Å². The van der Waals surface area contributed by atoms with E-state index in [2.05, 4.69) is 31.9 Å². The van der Waals surface area contributed by atoms with Crippen molar-refractivity contribution in [3.05, 3.63) is 57.6 Å². The zero-order chi connectivity index (χ0) is 15.6. The molecule has 0 radical (unpaired) electrons. The minimum absolute atomic E-state index is 0.357. The molecule has 2 rings (SSSR count). The maximum atomic E-state index is 13.4. The molecule has 0 aromatic heterocycles. The summed E-state index contributed by atoms with van der Waals surface area (Å²) in [6.45, 7) is 0. The lowest BCUT2D eigenvalue weighted by Crippen LogP contribution is -2.00. The third-order valence-electron chi connectivity index (χ3n) is 3.01. The Hall–Kier alpha value is -1.14. The third kappa shape index (κ3) is 3.37. The summed E-state index contributed by atoms with van der Waals surface area (Å²) in [7, 11) is 3.10. The molecule has 0 spiro atoms. The second-order valence-corrected chi connectivity index (χ2v) is 6.03. The molecular weight excluding hydrogens is 410 g/mol. The Balaban J connectivity index is 2.50. The lowest BCUT2D eigenvalue weighted by atomic mass is 10.0. The van der Waals surface area contributed by atoms with Gasteiger partial charge in [-0.15, -0.1) is 0 Å². The highest BCUT2D eigenvalue weighted by molar-refractivity contribution is 9.10. The summed E-state index contributed by atoms with van der Waals surface area (Å²) < 4.78 is 37.8. The van der Waals surface area contributed by atoms with Crippen LogP contribution in [0.5, 0.6) is 11.5 Å². The Morgan fingerprint density at radius 3 is 2.19 bits per heavy atom. The van der Waals surface area contributed by atoms with Crippen molar-refractivity contribution in [2.24, 2.45) is 0 Å². The van der Waals surface area contributed by atoms with E-state index in [1.54, 1.807) is 26.4 Å². The quantitative estimate of drug-likeness (QED) is 0.629. The molecule has 0 N–H and O–H groups in total. The van der Waals surface area contributed by atoms with Crippen molar-refractivity contribution in [1.82, 2.24) is 0 Å². The molecule has 2 nitrogen and oxygen atoms in total. The topological polar surface area (TPSA) is 18.5 Å². The summed E-state index contributed by atoms with van der Waals surface area (Å²) >= 11 is 6.87. The molecule has 0 aliphatic heterocycles. The fraction of sp³-hybridized carbons (Fsp3) is 0.200. The van der Waals surface area contributed by atoms with Crippen LogP contribution in [0.3, 0.4) is 0 Å². The lowest BCUT2D eigenvalue weighted by molar-refractivity contribution is 0.397. The third-order valence-corrected chi connectivity index (χ3v) is 4.66. The molecule has 1 unspecified atom stereocenters. The normalized spacial score (nSPS) is 12.1. The molecule has 1 atom stereocenters. The molecule has 0 aliphatic carbocycles. The number of hydrogen-bond acceptors (Lipinski definition) is 2.